The molecule has 0 radical (unpaired) electrons. The van der Waals surface area contributed by atoms with Gasteiger partial charge in [0.25, 0.3) is 0 Å². The number of nitrogens with one attached hydrogen (secondary N) is 1. The topological polar surface area (TPSA) is 90.7 Å². The molecule has 3 N–H and O–H groups in total. The molecule has 0 saturated carbocycles. The minimum atomic E-state index is -3.73. The van der Waals surface area contributed by atoms with Crippen molar-refractivity contribution in [3.8, 4) is 0 Å². The maximum atomic E-state index is 12.4. The first-order valence-corrected chi connectivity index (χ1v) is 8.40. The number of benzene rings is 1. The average Bonchev–Trinajstić information content (AvgIpc) is 2.95. The Labute approximate surface area is 129 Å². The molecule has 0 aromatic heterocycles. The lowest BCUT2D eigenvalue weighted by Crippen LogP contribution is -2.45. The van der Waals surface area contributed by atoms with Crippen molar-refractivity contribution in [2.24, 2.45) is 5.73 Å². The fourth-order valence-electron chi connectivity index (χ4n) is 2.15. The van der Waals surface area contributed by atoms with Crippen LogP contribution in [0.3, 0.4) is 0 Å². The van der Waals surface area contributed by atoms with Crippen molar-refractivity contribution >= 4 is 21.6 Å². The van der Waals surface area contributed by atoms with E-state index >= 15 is 0 Å². The van der Waals surface area contributed by atoms with Crippen LogP contribution in [0.4, 0.5) is 0 Å². The second kappa shape index (κ2) is 6.60. The molecule has 1 aliphatic heterocycles. The van der Waals surface area contributed by atoms with E-state index < -0.39 is 15.6 Å². The SMILES string of the molecule is COC1(CNS(=O)(=O)c2cc(CN)ccc2Cl)CCOC1. The lowest BCUT2D eigenvalue weighted by Gasteiger charge is -2.25. The van der Waals surface area contributed by atoms with Gasteiger partial charge in [0.05, 0.1) is 11.6 Å². The third kappa shape index (κ3) is 3.74. The molecule has 1 fully saturated rings. The third-order valence-corrected chi connectivity index (χ3v) is 5.49. The van der Waals surface area contributed by atoms with Gasteiger partial charge in [-0.15, -0.1) is 0 Å². The van der Waals surface area contributed by atoms with Gasteiger partial charge in [-0.25, -0.2) is 13.1 Å². The molecule has 21 heavy (non-hydrogen) atoms. The van der Waals surface area contributed by atoms with Crippen LogP contribution in [0.15, 0.2) is 23.1 Å². The summed E-state index contributed by atoms with van der Waals surface area (Å²) in [5.74, 6) is 0. The highest BCUT2D eigenvalue weighted by Crippen LogP contribution is 2.25. The highest BCUT2D eigenvalue weighted by Gasteiger charge is 2.36. The number of hydrogen-bond donors (Lipinski definition) is 2. The van der Waals surface area contributed by atoms with E-state index in [1.165, 1.54) is 12.1 Å². The molecule has 1 aromatic carbocycles. The Morgan fingerprint density at radius 1 is 1.52 bits per heavy atom. The zero-order chi connectivity index (χ0) is 15.5. The van der Waals surface area contributed by atoms with E-state index in [-0.39, 0.29) is 23.0 Å². The van der Waals surface area contributed by atoms with Gasteiger partial charge in [0.1, 0.15) is 10.5 Å². The van der Waals surface area contributed by atoms with Gasteiger partial charge >= 0.3 is 0 Å². The maximum Gasteiger partial charge on any atom is 0.242 e. The summed E-state index contributed by atoms with van der Waals surface area (Å²) in [4.78, 5) is 0.0253. The monoisotopic (exact) mass is 334 g/mol. The predicted octanol–water partition coefficient (Wildman–Crippen LogP) is 0.883. The second-order valence-corrected chi connectivity index (χ2v) is 7.13. The minimum Gasteiger partial charge on any atom is -0.378 e. The molecule has 1 aliphatic rings. The van der Waals surface area contributed by atoms with Crippen LogP contribution in [-0.2, 0) is 26.0 Å². The maximum absolute atomic E-state index is 12.4. The van der Waals surface area contributed by atoms with Crippen molar-refractivity contribution in [3.05, 3.63) is 28.8 Å². The summed E-state index contributed by atoms with van der Waals surface area (Å²) in [5.41, 5.74) is 5.61. The first-order valence-electron chi connectivity index (χ1n) is 6.53. The van der Waals surface area contributed by atoms with Gasteiger partial charge in [-0.2, -0.15) is 0 Å². The molecule has 1 heterocycles. The molecule has 0 amide bonds. The molecule has 1 saturated heterocycles. The molecule has 1 atom stereocenters. The summed E-state index contributed by atoms with van der Waals surface area (Å²) < 4.78 is 38.0. The largest absolute Gasteiger partial charge is 0.378 e. The number of nitrogens with two attached hydrogens (primary N) is 1. The molecule has 8 heteroatoms. The molecule has 6 nitrogen and oxygen atoms in total. The molecule has 0 spiro atoms. The van der Waals surface area contributed by atoms with E-state index in [4.69, 9.17) is 26.8 Å². The van der Waals surface area contributed by atoms with Crippen LogP contribution in [0.5, 0.6) is 0 Å². The van der Waals surface area contributed by atoms with Gasteiger partial charge in [0, 0.05) is 33.2 Å². The highest BCUT2D eigenvalue weighted by molar-refractivity contribution is 7.89. The smallest absolute Gasteiger partial charge is 0.242 e. The van der Waals surface area contributed by atoms with Crippen molar-refractivity contribution in [1.82, 2.24) is 4.72 Å². The van der Waals surface area contributed by atoms with Gasteiger partial charge in [0.15, 0.2) is 0 Å². The van der Waals surface area contributed by atoms with Crippen molar-refractivity contribution in [3.63, 3.8) is 0 Å². The lowest BCUT2D eigenvalue weighted by atomic mass is 10.0. The zero-order valence-electron chi connectivity index (χ0n) is 11.8. The van der Waals surface area contributed by atoms with Gasteiger partial charge in [-0.1, -0.05) is 17.7 Å². The molecular formula is C13H19ClN2O4S. The number of halogens is 1. The summed E-state index contributed by atoms with van der Waals surface area (Å²) in [6.07, 6.45) is 0.641. The summed E-state index contributed by atoms with van der Waals surface area (Å²) in [6, 6.07) is 4.71. The quantitative estimate of drug-likeness (QED) is 0.806. The Balaban J connectivity index is 2.18. The van der Waals surface area contributed by atoms with Crippen molar-refractivity contribution in [2.45, 2.75) is 23.5 Å². The summed E-state index contributed by atoms with van der Waals surface area (Å²) >= 11 is 5.99. The van der Waals surface area contributed by atoms with Gasteiger partial charge in [-0.05, 0) is 17.7 Å². The molecule has 0 aliphatic carbocycles. The molecule has 1 aromatic rings. The van der Waals surface area contributed by atoms with Gasteiger partial charge in [0.2, 0.25) is 10.0 Å². The van der Waals surface area contributed by atoms with Crippen LogP contribution in [0.2, 0.25) is 5.02 Å². The van der Waals surface area contributed by atoms with E-state index in [0.29, 0.717) is 25.2 Å². The molecule has 118 valence electrons. The van der Waals surface area contributed by atoms with E-state index in [1.54, 1.807) is 13.2 Å². The Bertz CT molecular complexity index is 600. The predicted molar refractivity (Wildman–Crippen MR) is 79.7 cm³/mol. The fraction of sp³-hybridized carbons (Fsp3) is 0.538. The minimum absolute atomic E-state index is 0.0253. The fourth-order valence-corrected chi connectivity index (χ4v) is 3.81. The van der Waals surface area contributed by atoms with E-state index in [2.05, 4.69) is 4.72 Å². The number of rotatable bonds is 6. The molecule has 2 rings (SSSR count). The van der Waals surface area contributed by atoms with E-state index in [9.17, 15) is 8.42 Å². The van der Waals surface area contributed by atoms with Gasteiger partial charge in [-0.3, -0.25) is 0 Å². The van der Waals surface area contributed by atoms with Crippen molar-refractivity contribution in [1.29, 1.82) is 0 Å². The van der Waals surface area contributed by atoms with Crippen LogP contribution in [0.25, 0.3) is 0 Å². The molecule has 0 bridgehead atoms. The standard InChI is InChI=1S/C13H19ClN2O4S/c1-19-13(4-5-20-9-13)8-16-21(17,18)12-6-10(7-15)2-3-11(12)14/h2-3,6,16H,4-5,7-9,15H2,1H3. The first-order chi connectivity index (χ1) is 9.92. The Morgan fingerprint density at radius 2 is 2.29 bits per heavy atom. The number of sulfonamides is 1. The summed E-state index contributed by atoms with van der Waals surface area (Å²) in [6.45, 7) is 1.30. The second-order valence-electron chi connectivity index (χ2n) is 4.98. The summed E-state index contributed by atoms with van der Waals surface area (Å²) in [5, 5.41) is 0.161. The normalized spacial score (nSPS) is 22.6. The Hall–Kier alpha value is -0.700. The van der Waals surface area contributed by atoms with E-state index in [1.807, 2.05) is 0 Å². The van der Waals surface area contributed by atoms with Crippen molar-refractivity contribution in [2.75, 3.05) is 26.9 Å². The van der Waals surface area contributed by atoms with Crippen LogP contribution < -0.4 is 10.5 Å². The van der Waals surface area contributed by atoms with Crippen molar-refractivity contribution < 1.29 is 17.9 Å². The average molecular weight is 335 g/mol. The Kier molecular flexibility index (Phi) is 5.24. The highest BCUT2D eigenvalue weighted by atomic mass is 35.5. The van der Waals surface area contributed by atoms with Gasteiger partial charge < -0.3 is 15.2 Å². The van der Waals surface area contributed by atoms with Crippen LogP contribution in [0.1, 0.15) is 12.0 Å². The first kappa shape index (κ1) is 16.7. The van der Waals surface area contributed by atoms with Crippen LogP contribution in [-0.4, -0.2) is 40.9 Å². The lowest BCUT2D eigenvalue weighted by molar-refractivity contribution is -0.0120. The molecular weight excluding hydrogens is 316 g/mol. The summed E-state index contributed by atoms with van der Waals surface area (Å²) in [7, 11) is -2.19. The van der Waals surface area contributed by atoms with Crippen LogP contribution in [0, 0.1) is 0 Å². The molecule has 1 unspecified atom stereocenters. The zero-order valence-corrected chi connectivity index (χ0v) is 13.3. The number of hydrogen-bond acceptors (Lipinski definition) is 5. The van der Waals surface area contributed by atoms with Crippen LogP contribution >= 0.6 is 11.6 Å². The Morgan fingerprint density at radius 3 is 2.86 bits per heavy atom. The third-order valence-electron chi connectivity index (χ3n) is 3.61. The number of ether oxygens (including phenoxy) is 2. The number of methoxy groups -OCH3 is 1. The van der Waals surface area contributed by atoms with E-state index in [0.717, 1.165) is 0 Å².